The van der Waals surface area contributed by atoms with Crippen LogP contribution in [-0.4, -0.2) is 22.8 Å². The van der Waals surface area contributed by atoms with Crippen LogP contribution in [0.25, 0.3) is 0 Å². The zero-order valence-corrected chi connectivity index (χ0v) is 17.6. The molecule has 0 radical (unpaired) electrons. The first-order valence-electron chi connectivity index (χ1n) is 9.85. The molecule has 2 aromatic heterocycles. The SMILES string of the molecule is COc1cccc(Cn2cc(NC(=O)c3ccc(COc4c(F)c(F)cc(F)c4F)o3)cn2)c1. The van der Waals surface area contributed by atoms with E-state index in [2.05, 4.69) is 10.4 Å². The number of nitrogens with one attached hydrogen (secondary N) is 1. The van der Waals surface area contributed by atoms with Gasteiger partial charge >= 0.3 is 0 Å². The predicted molar refractivity (Wildman–Crippen MR) is 112 cm³/mol. The third kappa shape index (κ3) is 5.03. The second-order valence-electron chi connectivity index (χ2n) is 7.08. The van der Waals surface area contributed by atoms with Gasteiger partial charge in [0.2, 0.25) is 11.6 Å². The van der Waals surface area contributed by atoms with Gasteiger partial charge in [0, 0.05) is 12.3 Å². The predicted octanol–water partition coefficient (Wildman–Crippen LogP) is 4.92. The number of amides is 1. The molecule has 11 heteroatoms. The molecule has 2 heterocycles. The van der Waals surface area contributed by atoms with Crippen LogP contribution in [0.1, 0.15) is 21.9 Å². The average Bonchev–Trinajstić information content (AvgIpc) is 3.47. The highest BCUT2D eigenvalue weighted by molar-refractivity contribution is 6.02. The molecule has 4 rings (SSSR count). The van der Waals surface area contributed by atoms with E-state index in [4.69, 9.17) is 13.9 Å². The Morgan fingerprint density at radius 2 is 1.85 bits per heavy atom. The summed E-state index contributed by atoms with van der Waals surface area (Å²) in [6.07, 6.45) is 3.07. The number of anilines is 1. The van der Waals surface area contributed by atoms with Gasteiger partial charge in [-0.3, -0.25) is 9.48 Å². The molecule has 34 heavy (non-hydrogen) atoms. The van der Waals surface area contributed by atoms with Crippen molar-refractivity contribution in [1.29, 1.82) is 0 Å². The van der Waals surface area contributed by atoms with Crippen molar-refractivity contribution in [3.8, 4) is 11.5 Å². The molecule has 0 aliphatic rings. The first kappa shape index (κ1) is 22.9. The molecule has 0 fully saturated rings. The zero-order valence-electron chi connectivity index (χ0n) is 17.6. The molecule has 7 nitrogen and oxygen atoms in total. The van der Waals surface area contributed by atoms with Gasteiger partial charge in [-0.05, 0) is 29.8 Å². The van der Waals surface area contributed by atoms with Crippen molar-refractivity contribution < 1.29 is 36.2 Å². The number of furan rings is 1. The molecule has 0 aliphatic heterocycles. The Labute approximate surface area is 190 Å². The summed E-state index contributed by atoms with van der Waals surface area (Å²) in [5.41, 5.74) is 1.35. The lowest BCUT2D eigenvalue weighted by molar-refractivity contribution is 0.0992. The van der Waals surface area contributed by atoms with Gasteiger partial charge in [-0.15, -0.1) is 0 Å². The molecule has 176 valence electrons. The highest BCUT2D eigenvalue weighted by Gasteiger charge is 2.21. The summed E-state index contributed by atoms with van der Waals surface area (Å²) < 4.78 is 70.8. The monoisotopic (exact) mass is 475 g/mol. The maximum absolute atomic E-state index is 13.7. The van der Waals surface area contributed by atoms with Gasteiger partial charge in [-0.1, -0.05) is 12.1 Å². The molecule has 4 aromatic rings. The molecule has 2 aromatic carbocycles. The molecule has 0 bridgehead atoms. The fourth-order valence-corrected chi connectivity index (χ4v) is 3.06. The smallest absolute Gasteiger partial charge is 0.291 e. The lowest BCUT2D eigenvalue weighted by atomic mass is 10.2. The molecule has 0 spiro atoms. The van der Waals surface area contributed by atoms with E-state index in [0.29, 0.717) is 18.0 Å². The van der Waals surface area contributed by atoms with E-state index in [0.717, 1.165) is 5.56 Å². The van der Waals surface area contributed by atoms with E-state index in [1.165, 1.54) is 18.3 Å². The summed E-state index contributed by atoms with van der Waals surface area (Å²) in [6.45, 7) is -0.119. The van der Waals surface area contributed by atoms with Gasteiger partial charge in [0.25, 0.3) is 5.91 Å². The molecular formula is C23H17F4N3O4. The normalized spacial score (nSPS) is 10.9. The summed E-state index contributed by atoms with van der Waals surface area (Å²) in [7, 11) is 1.57. The topological polar surface area (TPSA) is 78.5 Å². The summed E-state index contributed by atoms with van der Waals surface area (Å²) in [5.74, 6) is -7.77. The van der Waals surface area contributed by atoms with E-state index in [9.17, 15) is 22.4 Å². The number of halogens is 4. The van der Waals surface area contributed by atoms with Crippen LogP contribution in [0.15, 0.2) is 59.3 Å². The quantitative estimate of drug-likeness (QED) is 0.289. The molecule has 0 aliphatic carbocycles. The number of nitrogens with zero attached hydrogens (tertiary/aromatic N) is 2. The van der Waals surface area contributed by atoms with E-state index in [1.54, 1.807) is 18.0 Å². The lowest BCUT2D eigenvalue weighted by Gasteiger charge is -2.08. The van der Waals surface area contributed by atoms with Crippen LogP contribution in [0.2, 0.25) is 0 Å². The van der Waals surface area contributed by atoms with E-state index < -0.39 is 41.5 Å². The summed E-state index contributed by atoms with van der Waals surface area (Å²) in [6, 6.07) is 10.2. The Balaban J connectivity index is 1.37. The van der Waals surface area contributed by atoms with Crippen LogP contribution in [0.5, 0.6) is 11.5 Å². The number of rotatable bonds is 8. The van der Waals surface area contributed by atoms with Crippen molar-refractivity contribution in [3.05, 3.63) is 95.2 Å². The molecular weight excluding hydrogens is 458 g/mol. The number of carbonyl (C=O) groups excluding carboxylic acids is 1. The van der Waals surface area contributed by atoms with Crippen molar-refractivity contribution in [2.45, 2.75) is 13.2 Å². The molecule has 0 atom stereocenters. The second kappa shape index (κ2) is 9.69. The van der Waals surface area contributed by atoms with Crippen LogP contribution < -0.4 is 14.8 Å². The number of benzene rings is 2. The molecule has 1 N–H and O–H groups in total. The van der Waals surface area contributed by atoms with Gasteiger partial charge in [0.15, 0.2) is 23.1 Å². The van der Waals surface area contributed by atoms with Gasteiger partial charge in [0.05, 0.1) is 25.5 Å². The maximum atomic E-state index is 13.7. The van der Waals surface area contributed by atoms with Crippen LogP contribution in [-0.2, 0) is 13.2 Å². The molecule has 1 amide bonds. The highest BCUT2D eigenvalue weighted by atomic mass is 19.2. The third-order valence-electron chi connectivity index (χ3n) is 4.69. The van der Waals surface area contributed by atoms with Gasteiger partial charge < -0.3 is 19.2 Å². The Morgan fingerprint density at radius 3 is 2.59 bits per heavy atom. The molecule has 0 saturated carbocycles. The standard InChI is InChI=1S/C23H17F4N3O4/c1-32-15-4-2-3-13(7-15)10-30-11-14(9-28-30)29-23(31)19-6-5-16(34-19)12-33-22-20(26)17(24)8-18(25)21(22)27/h2-9,11H,10,12H2,1H3,(H,29,31). The second-order valence-corrected chi connectivity index (χ2v) is 7.08. The Kier molecular flexibility index (Phi) is 6.53. The first-order valence-corrected chi connectivity index (χ1v) is 9.85. The summed E-state index contributed by atoms with van der Waals surface area (Å²) >= 11 is 0. The van der Waals surface area contributed by atoms with E-state index in [1.807, 2.05) is 24.3 Å². The number of methoxy groups -OCH3 is 1. The van der Waals surface area contributed by atoms with Crippen molar-refractivity contribution >= 4 is 11.6 Å². The third-order valence-corrected chi connectivity index (χ3v) is 4.69. The first-order chi connectivity index (χ1) is 16.3. The van der Waals surface area contributed by atoms with E-state index in [-0.39, 0.29) is 17.6 Å². The Bertz CT molecular complexity index is 1310. The average molecular weight is 475 g/mol. The Hall–Kier alpha value is -4.28. The molecule has 0 saturated heterocycles. The fraction of sp³-hybridized carbons (Fsp3) is 0.130. The molecule has 0 unspecified atom stereocenters. The number of aromatic nitrogens is 2. The zero-order chi connectivity index (χ0) is 24.2. The van der Waals surface area contributed by atoms with Crippen LogP contribution in [0.3, 0.4) is 0 Å². The van der Waals surface area contributed by atoms with Crippen molar-refractivity contribution in [1.82, 2.24) is 9.78 Å². The minimum absolute atomic E-state index is 0.00217. The minimum atomic E-state index is -1.67. The van der Waals surface area contributed by atoms with Crippen LogP contribution >= 0.6 is 0 Å². The van der Waals surface area contributed by atoms with Crippen molar-refractivity contribution in [2.24, 2.45) is 0 Å². The Morgan fingerprint density at radius 1 is 1.09 bits per heavy atom. The van der Waals surface area contributed by atoms with Gasteiger partial charge in [-0.2, -0.15) is 13.9 Å². The number of hydrogen-bond donors (Lipinski definition) is 1. The fourth-order valence-electron chi connectivity index (χ4n) is 3.06. The van der Waals surface area contributed by atoms with Gasteiger partial charge in [0.1, 0.15) is 18.1 Å². The van der Waals surface area contributed by atoms with Crippen LogP contribution in [0, 0.1) is 23.3 Å². The number of ether oxygens (including phenoxy) is 2. The minimum Gasteiger partial charge on any atom is -0.497 e. The van der Waals surface area contributed by atoms with Crippen molar-refractivity contribution in [3.63, 3.8) is 0 Å². The number of carbonyl (C=O) groups is 1. The van der Waals surface area contributed by atoms with Crippen molar-refractivity contribution in [2.75, 3.05) is 12.4 Å². The summed E-state index contributed by atoms with van der Waals surface area (Å²) in [5, 5.41) is 6.80. The summed E-state index contributed by atoms with van der Waals surface area (Å²) in [4.78, 5) is 12.4. The number of hydrogen-bond acceptors (Lipinski definition) is 5. The maximum Gasteiger partial charge on any atom is 0.291 e. The highest BCUT2D eigenvalue weighted by Crippen LogP contribution is 2.27. The lowest BCUT2D eigenvalue weighted by Crippen LogP contribution is -2.10. The van der Waals surface area contributed by atoms with Gasteiger partial charge in [-0.25, -0.2) is 8.78 Å². The largest absolute Gasteiger partial charge is 0.497 e. The van der Waals surface area contributed by atoms with Crippen LogP contribution in [0.4, 0.5) is 23.2 Å². The van der Waals surface area contributed by atoms with E-state index >= 15 is 0 Å².